The number of amides is 1. The predicted molar refractivity (Wildman–Crippen MR) is 123 cm³/mol. The molecule has 164 valence electrons. The molecule has 0 spiro atoms. The summed E-state index contributed by atoms with van der Waals surface area (Å²) in [5.74, 6) is 2.24. The Morgan fingerprint density at radius 2 is 1.77 bits per heavy atom. The molecule has 0 aliphatic heterocycles. The molecular weight excluding hydrogens is 421 g/mol. The minimum Gasteiger partial charge on any atom is -0.309 e. The molecule has 0 saturated heterocycles. The van der Waals surface area contributed by atoms with E-state index >= 15 is 0 Å². The van der Waals surface area contributed by atoms with E-state index in [2.05, 4.69) is 19.0 Å². The summed E-state index contributed by atoms with van der Waals surface area (Å²) in [5.41, 5.74) is 0.595. The largest absolute Gasteiger partial charge is 0.309 e. The molecule has 0 unspecified atom stereocenters. The topological polar surface area (TPSA) is 36.4 Å². The Morgan fingerprint density at radius 1 is 1.13 bits per heavy atom. The number of hydrogen-bond donors (Lipinski definition) is 0. The van der Waals surface area contributed by atoms with E-state index in [9.17, 15) is 9.18 Å². The van der Waals surface area contributed by atoms with Crippen LogP contribution in [0, 0.1) is 29.0 Å². The van der Waals surface area contributed by atoms with Crippen molar-refractivity contribution in [3.63, 3.8) is 0 Å². The van der Waals surface area contributed by atoms with Gasteiger partial charge in [-0.3, -0.25) is 9.69 Å². The van der Waals surface area contributed by atoms with Crippen LogP contribution in [0.5, 0.6) is 0 Å². The summed E-state index contributed by atoms with van der Waals surface area (Å²) in [4.78, 5) is 22.9. The van der Waals surface area contributed by atoms with E-state index in [0.29, 0.717) is 6.54 Å². The SMILES string of the molecule is CN(C)CCCN(C(=O)C12CC3CC(CC(C3)C1)C2)c1nc2ccc(F)cc2s1.Cl. The monoisotopic (exact) mass is 451 g/mol. The molecule has 1 aromatic carbocycles. The maximum atomic E-state index is 14.0. The highest BCUT2D eigenvalue weighted by molar-refractivity contribution is 7.22. The Morgan fingerprint density at radius 3 is 2.37 bits per heavy atom. The van der Waals surface area contributed by atoms with Crippen LogP contribution in [0.4, 0.5) is 9.52 Å². The number of nitrogens with zero attached hydrogens (tertiary/aromatic N) is 3. The van der Waals surface area contributed by atoms with E-state index < -0.39 is 0 Å². The lowest BCUT2D eigenvalue weighted by atomic mass is 9.49. The van der Waals surface area contributed by atoms with Crippen LogP contribution >= 0.6 is 23.7 Å². The zero-order valence-electron chi connectivity index (χ0n) is 17.8. The number of carbonyl (C=O) groups is 1. The summed E-state index contributed by atoms with van der Waals surface area (Å²) in [6.45, 7) is 1.62. The third kappa shape index (κ3) is 3.98. The lowest BCUT2D eigenvalue weighted by Crippen LogP contribution is -2.55. The van der Waals surface area contributed by atoms with Gasteiger partial charge < -0.3 is 4.90 Å². The van der Waals surface area contributed by atoms with Gasteiger partial charge in [0.05, 0.1) is 15.6 Å². The van der Waals surface area contributed by atoms with E-state index in [1.807, 2.05) is 4.90 Å². The molecule has 4 bridgehead atoms. The number of aromatic nitrogens is 1. The highest BCUT2D eigenvalue weighted by Gasteiger charge is 2.55. The van der Waals surface area contributed by atoms with Gasteiger partial charge in [-0.15, -0.1) is 12.4 Å². The van der Waals surface area contributed by atoms with Crippen LogP contribution in [-0.4, -0.2) is 43.0 Å². The van der Waals surface area contributed by atoms with Crippen molar-refractivity contribution in [3.05, 3.63) is 24.0 Å². The first-order valence-corrected chi connectivity index (χ1v) is 11.8. The summed E-state index contributed by atoms with van der Waals surface area (Å²) in [6, 6.07) is 4.70. The molecule has 0 radical (unpaired) electrons. The van der Waals surface area contributed by atoms with Crippen LogP contribution in [0.3, 0.4) is 0 Å². The molecule has 2 aromatic rings. The normalized spacial score (nSPS) is 29.4. The van der Waals surface area contributed by atoms with Crippen molar-refractivity contribution in [3.8, 4) is 0 Å². The van der Waals surface area contributed by atoms with Crippen molar-refractivity contribution in [2.24, 2.45) is 23.2 Å². The molecule has 4 fully saturated rings. The van der Waals surface area contributed by atoms with Crippen molar-refractivity contribution in [1.29, 1.82) is 0 Å². The second-order valence-corrected chi connectivity index (χ2v) is 10.9. The fraction of sp³-hybridized carbons (Fsp3) is 0.652. The number of halogens is 2. The third-order valence-corrected chi connectivity index (χ3v) is 8.34. The third-order valence-electron chi connectivity index (χ3n) is 7.29. The first kappa shape index (κ1) is 22.0. The van der Waals surface area contributed by atoms with Crippen LogP contribution in [0.1, 0.15) is 44.9 Å². The summed E-state index contributed by atoms with van der Waals surface area (Å²) in [6.07, 6.45) is 8.06. The Labute approximate surface area is 188 Å². The summed E-state index contributed by atoms with van der Waals surface area (Å²) >= 11 is 1.45. The highest BCUT2D eigenvalue weighted by Crippen LogP contribution is 2.60. The molecule has 6 rings (SSSR count). The predicted octanol–water partition coefficient (Wildman–Crippen LogP) is 5.36. The van der Waals surface area contributed by atoms with Crippen molar-refractivity contribution < 1.29 is 9.18 Å². The van der Waals surface area contributed by atoms with Crippen molar-refractivity contribution in [2.75, 3.05) is 32.1 Å². The van der Waals surface area contributed by atoms with E-state index in [1.54, 1.807) is 6.07 Å². The van der Waals surface area contributed by atoms with Gasteiger partial charge in [-0.1, -0.05) is 11.3 Å². The fourth-order valence-electron chi connectivity index (χ4n) is 6.49. The summed E-state index contributed by atoms with van der Waals surface area (Å²) in [5, 5.41) is 0.741. The number of benzene rings is 1. The van der Waals surface area contributed by atoms with Crippen molar-refractivity contribution in [2.45, 2.75) is 44.9 Å². The van der Waals surface area contributed by atoms with Crippen LogP contribution in [0.2, 0.25) is 0 Å². The molecular formula is C23H31ClFN3OS. The quantitative estimate of drug-likeness (QED) is 0.593. The average Bonchev–Trinajstić information content (AvgIpc) is 3.06. The van der Waals surface area contributed by atoms with Gasteiger partial charge in [0.1, 0.15) is 5.82 Å². The maximum absolute atomic E-state index is 14.0. The van der Waals surface area contributed by atoms with Crippen LogP contribution in [0.25, 0.3) is 10.2 Å². The molecule has 4 aliphatic carbocycles. The Hall–Kier alpha value is -1.24. The van der Waals surface area contributed by atoms with Gasteiger partial charge in [0.25, 0.3) is 0 Å². The number of hydrogen-bond acceptors (Lipinski definition) is 4. The van der Waals surface area contributed by atoms with Gasteiger partial charge in [0.2, 0.25) is 5.91 Å². The molecule has 1 aromatic heterocycles. The standard InChI is InChI=1S/C23H30FN3OS.ClH/c1-26(2)6-3-7-27(22-25-19-5-4-18(24)11-20(19)29-22)21(28)23-12-15-8-16(13-23)10-17(9-15)14-23;/h4-5,11,15-17H,3,6-10,12-14H2,1-2H3;1H. The zero-order valence-corrected chi connectivity index (χ0v) is 19.4. The summed E-state index contributed by atoms with van der Waals surface area (Å²) in [7, 11) is 4.12. The van der Waals surface area contributed by atoms with Gasteiger partial charge in [0, 0.05) is 6.54 Å². The van der Waals surface area contributed by atoms with Gasteiger partial charge >= 0.3 is 0 Å². The Kier molecular flexibility index (Phi) is 6.12. The second-order valence-electron chi connectivity index (χ2n) is 9.92. The minimum atomic E-state index is -0.251. The molecule has 4 nitrogen and oxygen atoms in total. The average molecular weight is 452 g/mol. The van der Waals surface area contributed by atoms with Gasteiger partial charge in [-0.25, -0.2) is 9.37 Å². The number of carbonyl (C=O) groups excluding carboxylic acids is 1. The van der Waals surface area contributed by atoms with Gasteiger partial charge in [-0.05, 0) is 102 Å². The molecule has 1 amide bonds. The fourth-order valence-corrected chi connectivity index (χ4v) is 7.50. The molecule has 0 N–H and O–H groups in total. The van der Waals surface area contributed by atoms with Crippen molar-refractivity contribution >= 4 is 45.0 Å². The number of anilines is 1. The lowest BCUT2D eigenvalue weighted by molar-refractivity contribution is -0.143. The van der Waals surface area contributed by atoms with Crippen LogP contribution in [0.15, 0.2) is 18.2 Å². The smallest absolute Gasteiger partial charge is 0.235 e. The van der Waals surface area contributed by atoms with Gasteiger partial charge in [0.15, 0.2) is 5.13 Å². The van der Waals surface area contributed by atoms with Gasteiger partial charge in [-0.2, -0.15) is 0 Å². The van der Waals surface area contributed by atoms with Crippen LogP contribution in [-0.2, 0) is 4.79 Å². The maximum Gasteiger partial charge on any atom is 0.235 e. The van der Waals surface area contributed by atoms with E-state index in [-0.39, 0.29) is 29.5 Å². The molecule has 4 saturated carbocycles. The summed E-state index contributed by atoms with van der Waals surface area (Å²) < 4.78 is 14.5. The van der Waals surface area contributed by atoms with E-state index in [1.165, 1.54) is 42.7 Å². The minimum absolute atomic E-state index is 0. The second kappa shape index (κ2) is 8.36. The number of thiazole rings is 1. The molecule has 30 heavy (non-hydrogen) atoms. The van der Waals surface area contributed by atoms with E-state index in [0.717, 1.165) is 65.3 Å². The van der Waals surface area contributed by atoms with E-state index in [4.69, 9.17) is 4.98 Å². The molecule has 1 heterocycles. The Balaban J connectivity index is 0.00000218. The first-order valence-electron chi connectivity index (χ1n) is 10.9. The molecule has 0 atom stereocenters. The zero-order chi connectivity index (χ0) is 20.2. The van der Waals surface area contributed by atoms with Crippen LogP contribution < -0.4 is 4.90 Å². The lowest BCUT2D eigenvalue weighted by Gasteiger charge is -2.56. The highest BCUT2D eigenvalue weighted by atomic mass is 35.5. The number of fused-ring (bicyclic) bond motifs is 1. The molecule has 7 heteroatoms. The van der Waals surface area contributed by atoms with Crippen molar-refractivity contribution in [1.82, 2.24) is 9.88 Å². The Bertz CT molecular complexity index is 895. The number of rotatable bonds is 6. The molecule has 4 aliphatic rings. The first-order chi connectivity index (χ1) is 13.9.